The van der Waals surface area contributed by atoms with E-state index < -0.39 is 35.4 Å². The number of nitrogens with zero attached hydrogens (tertiary/aromatic N) is 1. The first-order valence-electron chi connectivity index (χ1n) is 7.48. The lowest BCUT2D eigenvalue weighted by Gasteiger charge is -2.28. The van der Waals surface area contributed by atoms with Crippen LogP contribution in [0.4, 0.5) is 13.6 Å². The molecule has 1 N–H and O–H groups in total. The lowest BCUT2D eigenvalue weighted by Crippen LogP contribution is -2.46. The van der Waals surface area contributed by atoms with E-state index in [9.17, 15) is 23.5 Å². The van der Waals surface area contributed by atoms with E-state index in [-0.39, 0.29) is 18.5 Å². The maximum absolute atomic E-state index is 13.4. The Kier molecular flexibility index (Phi) is 6.47. The van der Waals surface area contributed by atoms with E-state index in [1.54, 1.807) is 30.3 Å². The third-order valence-corrected chi connectivity index (χ3v) is 3.94. The van der Waals surface area contributed by atoms with Crippen LogP contribution in [0.25, 0.3) is 0 Å². The second kappa shape index (κ2) is 8.58. The highest BCUT2D eigenvalue weighted by Crippen LogP contribution is 2.17. The van der Waals surface area contributed by atoms with Crippen LogP contribution in [0.2, 0.25) is 0 Å². The number of hydrogen-bond acceptors (Lipinski definition) is 2. The Morgan fingerprint density at radius 2 is 1.64 bits per heavy atom. The van der Waals surface area contributed by atoms with Gasteiger partial charge in [0.25, 0.3) is 0 Å². The molecule has 1 atom stereocenters. The van der Waals surface area contributed by atoms with Gasteiger partial charge in [0.15, 0.2) is 5.78 Å². The van der Waals surface area contributed by atoms with E-state index in [4.69, 9.17) is 11.6 Å². The van der Waals surface area contributed by atoms with E-state index in [2.05, 4.69) is 0 Å². The van der Waals surface area contributed by atoms with Crippen LogP contribution >= 0.6 is 11.6 Å². The molecular weight excluding hydrogens is 352 g/mol. The number of carboxylic acid groups (broad SMARTS) is 1. The molecule has 2 aromatic carbocycles. The summed E-state index contributed by atoms with van der Waals surface area (Å²) < 4.78 is 26.8. The number of halogens is 3. The van der Waals surface area contributed by atoms with Crippen LogP contribution in [0.15, 0.2) is 48.5 Å². The van der Waals surface area contributed by atoms with Gasteiger partial charge >= 0.3 is 6.09 Å². The van der Waals surface area contributed by atoms with Gasteiger partial charge in [0, 0.05) is 19.0 Å². The minimum absolute atomic E-state index is 0.0404. The van der Waals surface area contributed by atoms with Gasteiger partial charge in [0.05, 0.1) is 11.9 Å². The van der Waals surface area contributed by atoms with Crippen molar-refractivity contribution in [2.24, 2.45) is 0 Å². The molecule has 0 aliphatic rings. The number of carbonyl (C=O) groups is 2. The monoisotopic (exact) mass is 367 g/mol. The van der Waals surface area contributed by atoms with Crippen molar-refractivity contribution in [2.75, 3.05) is 5.88 Å². The quantitative estimate of drug-likeness (QED) is 0.756. The first-order chi connectivity index (χ1) is 11.9. The van der Waals surface area contributed by atoms with Gasteiger partial charge in [0.2, 0.25) is 0 Å². The first kappa shape index (κ1) is 18.9. The third kappa shape index (κ3) is 5.26. The summed E-state index contributed by atoms with van der Waals surface area (Å²) in [5.41, 5.74) is 0.864. The normalized spacial score (nSPS) is 11.8. The highest BCUT2D eigenvalue weighted by Gasteiger charge is 2.29. The summed E-state index contributed by atoms with van der Waals surface area (Å²) in [7, 11) is 0. The van der Waals surface area contributed by atoms with Crippen molar-refractivity contribution in [3.8, 4) is 0 Å². The van der Waals surface area contributed by atoms with Crippen LogP contribution in [0.5, 0.6) is 0 Å². The molecule has 0 radical (unpaired) electrons. The molecule has 0 aromatic heterocycles. The molecule has 132 valence electrons. The SMILES string of the molecule is O=C(CCl)[C@H](Cc1cc(F)cc(F)c1)N(Cc1ccccc1)C(=O)O. The molecule has 0 fully saturated rings. The van der Waals surface area contributed by atoms with E-state index in [0.717, 1.165) is 17.0 Å². The van der Waals surface area contributed by atoms with Gasteiger partial charge in [-0.15, -0.1) is 11.6 Å². The molecule has 0 saturated heterocycles. The van der Waals surface area contributed by atoms with Crippen molar-refractivity contribution in [1.82, 2.24) is 4.90 Å². The molecule has 25 heavy (non-hydrogen) atoms. The van der Waals surface area contributed by atoms with Gasteiger partial charge in [-0.2, -0.15) is 0 Å². The molecule has 0 bridgehead atoms. The topological polar surface area (TPSA) is 57.6 Å². The minimum atomic E-state index is -1.32. The van der Waals surface area contributed by atoms with Crippen LogP contribution in [0.3, 0.4) is 0 Å². The standard InChI is InChI=1S/C18H16ClF2NO3/c19-10-17(23)16(8-13-6-14(20)9-15(21)7-13)22(18(24)25)11-12-4-2-1-3-5-12/h1-7,9,16H,8,10-11H2,(H,24,25)/t16-/m0/s1. The van der Waals surface area contributed by atoms with Gasteiger partial charge in [-0.05, 0) is 23.3 Å². The van der Waals surface area contributed by atoms with Gasteiger partial charge in [-0.3, -0.25) is 9.69 Å². The van der Waals surface area contributed by atoms with Crippen molar-refractivity contribution in [1.29, 1.82) is 0 Å². The predicted octanol–water partition coefficient (Wildman–Crippen LogP) is 3.86. The zero-order chi connectivity index (χ0) is 18.4. The molecule has 0 saturated carbocycles. The lowest BCUT2D eigenvalue weighted by molar-refractivity contribution is -0.121. The summed E-state index contributed by atoms with van der Waals surface area (Å²) in [5, 5.41) is 9.52. The Labute approximate surface area is 148 Å². The summed E-state index contributed by atoms with van der Waals surface area (Å²) >= 11 is 5.61. The Morgan fingerprint density at radius 3 is 2.16 bits per heavy atom. The average Bonchev–Trinajstić information content (AvgIpc) is 2.57. The Bertz CT molecular complexity index is 735. The summed E-state index contributed by atoms with van der Waals surface area (Å²) in [6.07, 6.45) is -1.48. The summed E-state index contributed by atoms with van der Waals surface area (Å²) in [6, 6.07) is 10.4. The molecule has 0 unspecified atom stereocenters. The van der Waals surface area contributed by atoms with Gasteiger partial charge in [-0.25, -0.2) is 13.6 Å². The van der Waals surface area contributed by atoms with E-state index in [1.165, 1.54) is 0 Å². The molecule has 2 aromatic rings. The predicted molar refractivity (Wildman–Crippen MR) is 89.6 cm³/mol. The maximum Gasteiger partial charge on any atom is 0.408 e. The Morgan fingerprint density at radius 1 is 1.04 bits per heavy atom. The van der Waals surface area contributed by atoms with Crippen molar-refractivity contribution >= 4 is 23.5 Å². The fourth-order valence-corrected chi connectivity index (χ4v) is 2.71. The summed E-state index contributed by atoms with van der Waals surface area (Å²) in [5.74, 6) is -2.53. The van der Waals surface area contributed by atoms with Crippen LogP contribution in [0.1, 0.15) is 11.1 Å². The molecule has 7 heteroatoms. The molecule has 4 nitrogen and oxygen atoms in total. The van der Waals surface area contributed by atoms with E-state index >= 15 is 0 Å². The number of rotatable bonds is 7. The van der Waals surface area contributed by atoms with Gasteiger partial charge in [0.1, 0.15) is 11.6 Å². The van der Waals surface area contributed by atoms with Gasteiger partial charge in [-0.1, -0.05) is 30.3 Å². The Balaban J connectivity index is 2.32. The molecule has 2 rings (SSSR count). The third-order valence-electron chi connectivity index (χ3n) is 3.67. The van der Waals surface area contributed by atoms with E-state index in [1.807, 2.05) is 0 Å². The zero-order valence-corrected chi connectivity index (χ0v) is 13.9. The second-order valence-electron chi connectivity index (χ2n) is 5.49. The smallest absolute Gasteiger partial charge is 0.408 e. The van der Waals surface area contributed by atoms with Crippen molar-refractivity contribution in [2.45, 2.75) is 19.0 Å². The second-order valence-corrected chi connectivity index (χ2v) is 5.76. The molecule has 0 spiro atoms. The largest absolute Gasteiger partial charge is 0.465 e. The van der Waals surface area contributed by atoms with Crippen LogP contribution in [0, 0.1) is 11.6 Å². The zero-order valence-electron chi connectivity index (χ0n) is 13.2. The Hall–Kier alpha value is -2.47. The highest BCUT2D eigenvalue weighted by atomic mass is 35.5. The number of Topliss-reactive ketones (excluding diaryl/α,β-unsaturated/α-hetero) is 1. The molecular formula is C18H16ClF2NO3. The van der Waals surface area contributed by atoms with Gasteiger partial charge < -0.3 is 5.11 Å². The molecule has 1 amide bonds. The maximum atomic E-state index is 13.4. The summed E-state index contributed by atoms with van der Waals surface area (Å²) in [4.78, 5) is 24.8. The fraction of sp³-hybridized carbons (Fsp3) is 0.222. The average molecular weight is 368 g/mol. The number of benzene rings is 2. The number of amides is 1. The van der Waals surface area contributed by atoms with Crippen LogP contribution < -0.4 is 0 Å². The lowest BCUT2D eigenvalue weighted by atomic mass is 10.0. The number of carbonyl (C=O) groups excluding carboxylic acids is 1. The summed E-state index contributed by atoms with van der Waals surface area (Å²) in [6.45, 7) is -0.0404. The van der Waals surface area contributed by atoms with E-state index in [0.29, 0.717) is 11.6 Å². The number of hydrogen-bond donors (Lipinski definition) is 1. The van der Waals surface area contributed by atoms with Crippen molar-refractivity contribution < 1.29 is 23.5 Å². The van der Waals surface area contributed by atoms with Crippen molar-refractivity contribution in [3.05, 3.63) is 71.3 Å². The first-order valence-corrected chi connectivity index (χ1v) is 8.01. The molecule has 0 aliphatic carbocycles. The number of alkyl halides is 1. The van der Waals surface area contributed by atoms with Crippen LogP contribution in [-0.2, 0) is 17.8 Å². The highest BCUT2D eigenvalue weighted by molar-refractivity contribution is 6.28. The fourth-order valence-electron chi connectivity index (χ4n) is 2.53. The minimum Gasteiger partial charge on any atom is -0.465 e. The van der Waals surface area contributed by atoms with Crippen LogP contribution in [-0.4, -0.2) is 33.8 Å². The molecule has 0 aliphatic heterocycles. The van der Waals surface area contributed by atoms with Crippen molar-refractivity contribution in [3.63, 3.8) is 0 Å². The number of ketones is 1. The molecule has 0 heterocycles.